The van der Waals surface area contributed by atoms with Gasteiger partial charge in [0.2, 0.25) is 0 Å². The van der Waals surface area contributed by atoms with Gasteiger partial charge >= 0.3 is 0 Å². The van der Waals surface area contributed by atoms with Crippen molar-refractivity contribution >= 4 is 22.5 Å². The Kier molecular flexibility index (Phi) is 4.78. The number of nitrogens with two attached hydrogens (primary N) is 1. The standard InChI is InChI=1S/C24H23N5O2/c1-15-9-17(12-26-23(15)25)16-3-6-22-18(10-16)13-29(7-8-31-22)24-20-5-4-19(30-2)11-21(20)27-14-28-24/h3-6,9-12,14H,7-8,13H2,1-2H3,(H2,25,26). The van der Waals surface area contributed by atoms with Crippen LogP contribution in [0.15, 0.2) is 55.0 Å². The molecule has 0 atom stereocenters. The van der Waals surface area contributed by atoms with Crippen molar-refractivity contribution < 1.29 is 9.47 Å². The summed E-state index contributed by atoms with van der Waals surface area (Å²) in [6.45, 7) is 3.96. The minimum atomic E-state index is 0.556. The van der Waals surface area contributed by atoms with Crippen LogP contribution in [0.4, 0.5) is 11.6 Å². The van der Waals surface area contributed by atoms with Crippen molar-refractivity contribution in [3.05, 3.63) is 66.1 Å². The molecule has 4 aromatic rings. The Balaban J connectivity index is 1.53. The predicted molar refractivity (Wildman–Crippen MR) is 121 cm³/mol. The van der Waals surface area contributed by atoms with E-state index in [0.29, 0.717) is 19.0 Å². The summed E-state index contributed by atoms with van der Waals surface area (Å²) >= 11 is 0. The molecule has 0 amide bonds. The van der Waals surface area contributed by atoms with Crippen molar-refractivity contribution in [3.8, 4) is 22.6 Å². The van der Waals surface area contributed by atoms with Gasteiger partial charge in [-0.05, 0) is 48.4 Å². The number of benzene rings is 2. The molecule has 2 N–H and O–H groups in total. The average Bonchev–Trinajstić information content (AvgIpc) is 3.02. The number of hydrogen-bond acceptors (Lipinski definition) is 7. The second kappa shape index (κ2) is 7.75. The molecule has 7 heteroatoms. The number of pyridine rings is 1. The fraction of sp³-hybridized carbons (Fsp3) is 0.208. The molecule has 2 aromatic heterocycles. The number of nitrogens with zero attached hydrogens (tertiary/aromatic N) is 4. The molecule has 0 fully saturated rings. The van der Waals surface area contributed by atoms with E-state index in [2.05, 4.69) is 38.1 Å². The lowest BCUT2D eigenvalue weighted by molar-refractivity contribution is 0.331. The van der Waals surface area contributed by atoms with Gasteiger partial charge in [-0.3, -0.25) is 0 Å². The summed E-state index contributed by atoms with van der Waals surface area (Å²) in [5, 5.41) is 0.987. The van der Waals surface area contributed by atoms with Gasteiger partial charge in [0.05, 0.1) is 19.2 Å². The van der Waals surface area contributed by atoms with Gasteiger partial charge in [-0.15, -0.1) is 0 Å². The van der Waals surface area contributed by atoms with Crippen molar-refractivity contribution in [1.29, 1.82) is 0 Å². The highest BCUT2D eigenvalue weighted by Gasteiger charge is 2.20. The summed E-state index contributed by atoms with van der Waals surface area (Å²) in [4.78, 5) is 15.6. The molecule has 0 spiro atoms. The fourth-order valence-corrected chi connectivity index (χ4v) is 3.90. The SMILES string of the molecule is COc1ccc2c(N3CCOc4ccc(-c5cnc(N)c(C)c5)cc4C3)ncnc2c1. The zero-order valence-electron chi connectivity index (χ0n) is 17.5. The summed E-state index contributed by atoms with van der Waals surface area (Å²) in [7, 11) is 1.65. The summed E-state index contributed by atoms with van der Waals surface area (Å²) < 4.78 is 11.4. The monoisotopic (exact) mass is 413 g/mol. The molecule has 0 bridgehead atoms. The number of nitrogen functional groups attached to an aromatic ring is 1. The lowest BCUT2D eigenvalue weighted by Gasteiger charge is -2.22. The molecule has 0 radical (unpaired) electrons. The van der Waals surface area contributed by atoms with Gasteiger partial charge < -0.3 is 20.1 Å². The second-order valence-electron chi connectivity index (χ2n) is 7.60. The van der Waals surface area contributed by atoms with Crippen LogP contribution >= 0.6 is 0 Å². The number of aromatic nitrogens is 3. The van der Waals surface area contributed by atoms with E-state index >= 15 is 0 Å². The molecule has 0 saturated carbocycles. The van der Waals surface area contributed by atoms with E-state index in [1.165, 1.54) is 0 Å². The Bertz CT molecular complexity index is 1270. The minimum absolute atomic E-state index is 0.556. The van der Waals surface area contributed by atoms with Gasteiger partial charge in [0.15, 0.2) is 0 Å². The van der Waals surface area contributed by atoms with Crippen molar-refractivity contribution in [2.45, 2.75) is 13.5 Å². The molecule has 7 nitrogen and oxygen atoms in total. The Labute approximate surface area is 180 Å². The van der Waals surface area contributed by atoms with E-state index < -0.39 is 0 Å². The molecule has 156 valence electrons. The maximum absolute atomic E-state index is 6.04. The number of aryl methyl sites for hydroxylation is 1. The molecule has 0 aliphatic carbocycles. The maximum atomic E-state index is 6.04. The Morgan fingerprint density at radius 2 is 1.94 bits per heavy atom. The molecule has 0 saturated heterocycles. The van der Waals surface area contributed by atoms with Gasteiger partial charge in [0, 0.05) is 35.3 Å². The molecule has 1 aliphatic rings. The average molecular weight is 413 g/mol. The molecule has 0 unspecified atom stereocenters. The summed E-state index contributed by atoms with van der Waals surface area (Å²) in [6.07, 6.45) is 3.41. The molecule has 1 aliphatic heterocycles. The summed E-state index contributed by atoms with van der Waals surface area (Å²) in [5.41, 5.74) is 10.9. The largest absolute Gasteiger partial charge is 0.497 e. The Morgan fingerprint density at radius 1 is 1.03 bits per heavy atom. The highest BCUT2D eigenvalue weighted by atomic mass is 16.5. The van der Waals surface area contributed by atoms with Gasteiger partial charge in [0.25, 0.3) is 0 Å². The van der Waals surface area contributed by atoms with Crippen molar-refractivity contribution in [2.24, 2.45) is 0 Å². The summed E-state index contributed by atoms with van der Waals surface area (Å²) in [5.74, 6) is 3.12. The van der Waals surface area contributed by atoms with Gasteiger partial charge in [-0.2, -0.15) is 0 Å². The lowest BCUT2D eigenvalue weighted by Crippen LogP contribution is -2.26. The first-order valence-electron chi connectivity index (χ1n) is 10.1. The maximum Gasteiger partial charge on any atom is 0.140 e. The zero-order chi connectivity index (χ0) is 21.4. The van der Waals surface area contributed by atoms with Crippen LogP contribution in [0.3, 0.4) is 0 Å². The normalized spacial score (nSPS) is 13.4. The quantitative estimate of drug-likeness (QED) is 0.543. The van der Waals surface area contributed by atoms with E-state index in [9.17, 15) is 0 Å². The van der Waals surface area contributed by atoms with Crippen LogP contribution in [0, 0.1) is 6.92 Å². The first kappa shape index (κ1) is 19.1. The number of fused-ring (bicyclic) bond motifs is 2. The molecule has 3 heterocycles. The molecular formula is C24H23N5O2. The minimum Gasteiger partial charge on any atom is -0.497 e. The summed E-state index contributed by atoms with van der Waals surface area (Å²) in [6, 6.07) is 14.2. The molecule has 31 heavy (non-hydrogen) atoms. The van der Waals surface area contributed by atoms with Crippen LogP contribution in [-0.4, -0.2) is 35.2 Å². The second-order valence-corrected chi connectivity index (χ2v) is 7.60. The fourth-order valence-electron chi connectivity index (χ4n) is 3.90. The Morgan fingerprint density at radius 3 is 2.77 bits per heavy atom. The van der Waals surface area contributed by atoms with E-state index in [4.69, 9.17) is 15.2 Å². The number of anilines is 2. The van der Waals surface area contributed by atoms with E-state index in [0.717, 1.165) is 57.0 Å². The van der Waals surface area contributed by atoms with Crippen LogP contribution in [0.5, 0.6) is 11.5 Å². The first-order chi connectivity index (χ1) is 15.1. The Hall–Kier alpha value is -3.87. The van der Waals surface area contributed by atoms with E-state index in [-0.39, 0.29) is 0 Å². The van der Waals surface area contributed by atoms with E-state index in [1.54, 1.807) is 13.4 Å². The van der Waals surface area contributed by atoms with Crippen LogP contribution in [0.25, 0.3) is 22.0 Å². The van der Waals surface area contributed by atoms with Crippen LogP contribution < -0.4 is 20.1 Å². The smallest absolute Gasteiger partial charge is 0.140 e. The highest BCUT2D eigenvalue weighted by molar-refractivity contribution is 5.90. The van der Waals surface area contributed by atoms with Crippen LogP contribution in [0.1, 0.15) is 11.1 Å². The number of methoxy groups -OCH3 is 1. The van der Waals surface area contributed by atoms with Crippen molar-refractivity contribution in [2.75, 3.05) is 30.9 Å². The molecule has 2 aromatic carbocycles. The van der Waals surface area contributed by atoms with E-state index in [1.807, 2.05) is 37.4 Å². The first-order valence-corrected chi connectivity index (χ1v) is 10.1. The topological polar surface area (TPSA) is 86.4 Å². The van der Waals surface area contributed by atoms with Crippen molar-refractivity contribution in [3.63, 3.8) is 0 Å². The van der Waals surface area contributed by atoms with Crippen molar-refractivity contribution in [1.82, 2.24) is 15.0 Å². The number of rotatable bonds is 3. The van der Waals surface area contributed by atoms with Crippen LogP contribution in [-0.2, 0) is 6.54 Å². The van der Waals surface area contributed by atoms with Crippen LogP contribution in [0.2, 0.25) is 0 Å². The van der Waals surface area contributed by atoms with Gasteiger partial charge in [0.1, 0.15) is 36.1 Å². The third-order valence-corrected chi connectivity index (χ3v) is 5.61. The third kappa shape index (κ3) is 3.59. The zero-order valence-corrected chi connectivity index (χ0v) is 17.5. The third-order valence-electron chi connectivity index (χ3n) is 5.61. The highest BCUT2D eigenvalue weighted by Crippen LogP contribution is 2.33. The van der Waals surface area contributed by atoms with Gasteiger partial charge in [-0.25, -0.2) is 15.0 Å². The predicted octanol–water partition coefficient (Wildman–Crippen LogP) is 3.99. The molecule has 5 rings (SSSR count). The number of hydrogen-bond donors (Lipinski definition) is 1. The molecular weight excluding hydrogens is 390 g/mol. The lowest BCUT2D eigenvalue weighted by atomic mass is 10.0. The number of ether oxygens (including phenoxy) is 2. The van der Waals surface area contributed by atoms with Gasteiger partial charge in [-0.1, -0.05) is 6.07 Å².